The molecule has 1 N–H and O–H groups in total. The molecule has 0 bridgehead atoms. The monoisotopic (exact) mass is 281 g/mol. The minimum absolute atomic E-state index is 0.116. The van der Waals surface area contributed by atoms with Gasteiger partial charge in [-0.15, -0.1) is 0 Å². The van der Waals surface area contributed by atoms with Crippen LogP contribution in [0.15, 0.2) is 6.20 Å². The van der Waals surface area contributed by atoms with Crippen molar-refractivity contribution in [2.45, 2.75) is 57.7 Å². The lowest BCUT2D eigenvalue weighted by Gasteiger charge is -2.46. The normalized spacial score (nSPS) is 18.6. The summed E-state index contributed by atoms with van der Waals surface area (Å²) < 4.78 is 13.5. The molecule has 1 aliphatic carbocycles. The highest BCUT2D eigenvalue weighted by molar-refractivity contribution is 5.31. The lowest BCUT2D eigenvalue weighted by atomic mass is 9.73. The molecule has 2 rings (SSSR count). The van der Waals surface area contributed by atoms with Gasteiger partial charge in [-0.25, -0.2) is 0 Å². The number of nitrogens with zero attached hydrogens (tertiary/aromatic N) is 2. The Bertz CT molecular complexity index is 421. The van der Waals surface area contributed by atoms with E-state index in [1.807, 2.05) is 13.3 Å². The molecule has 1 heterocycles. The van der Waals surface area contributed by atoms with Crippen LogP contribution < -0.4 is 10.1 Å². The van der Waals surface area contributed by atoms with Crippen molar-refractivity contribution in [1.29, 1.82) is 0 Å². The summed E-state index contributed by atoms with van der Waals surface area (Å²) in [4.78, 5) is 0. The first kappa shape index (κ1) is 15.3. The van der Waals surface area contributed by atoms with Crippen molar-refractivity contribution >= 4 is 0 Å². The second-order valence-electron chi connectivity index (χ2n) is 5.43. The van der Waals surface area contributed by atoms with Crippen LogP contribution in [0.25, 0.3) is 0 Å². The highest BCUT2D eigenvalue weighted by Crippen LogP contribution is 2.46. The van der Waals surface area contributed by atoms with E-state index in [-0.39, 0.29) is 11.6 Å². The zero-order valence-corrected chi connectivity index (χ0v) is 13.1. The first-order valence-corrected chi connectivity index (χ1v) is 7.60. The second kappa shape index (κ2) is 6.59. The molecule has 5 heteroatoms. The van der Waals surface area contributed by atoms with Gasteiger partial charge in [0.2, 0.25) is 0 Å². The third kappa shape index (κ3) is 2.56. The van der Waals surface area contributed by atoms with Crippen LogP contribution in [0.5, 0.6) is 5.75 Å². The average molecular weight is 281 g/mol. The van der Waals surface area contributed by atoms with Gasteiger partial charge in [0.15, 0.2) is 5.75 Å². The fourth-order valence-corrected chi connectivity index (χ4v) is 3.09. The van der Waals surface area contributed by atoms with Crippen molar-refractivity contribution in [3.05, 3.63) is 11.9 Å². The molecule has 1 aromatic heterocycles. The van der Waals surface area contributed by atoms with Gasteiger partial charge >= 0.3 is 0 Å². The summed E-state index contributed by atoms with van der Waals surface area (Å²) in [6.45, 7) is 6.09. The lowest BCUT2D eigenvalue weighted by Crippen LogP contribution is -2.51. The van der Waals surface area contributed by atoms with E-state index < -0.39 is 0 Å². The first-order valence-electron chi connectivity index (χ1n) is 7.60. The first-order chi connectivity index (χ1) is 9.72. The average Bonchev–Trinajstić information content (AvgIpc) is 2.80. The molecule has 5 nitrogen and oxygen atoms in total. The number of aromatic nitrogens is 2. The van der Waals surface area contributed by atoms with Gasteiger partial charge in [-0.3, -0.25) is 4.68 Å². The van der Waals surface area contributed by atoms with Gasteiger partial charge in [-0.2, -0.15) is 5.10 Å². The molecule has 1 aliphatic rings. The summed E-state index contributed by atoms with van der Waals surface area (Å²) >= 11 is 0. The van der Waals surface area contributed by atoms with Crippen molar-refractivity contribution in [2.75, 3.05) is 20.8 Å². The lowest BCUT2D eigenvalue weighted by molar-refractivity contribution is -0.102. The smallest absolute Gasteiger partial charge is 0.161 e. The van der Waals surface area contributed by atoms with Gasteiger partial charge in [0.1, 0.15) is 5.69 Å². The summed E-state index contributed by atoms with van der Waals surface area (Å²) in [5.41, 5.74) is 1.01. The number of likely N-dealkylation sites (N-methyl/N-ethyl adjacent to an activating group) is 1. The number of aryl methyl sites for hydroxylation is 1. The summed E-state index contributed by atoms with van der Waals surface area (Å²) in [6.07, 6.45) is 6.26. The molecule has 1 aromatic rings. The van der Waals surface area contributed by atoms with E-state index >= 15 is 0 Å². The third-order valence-electron chi connectivity index (χ3n) is 4.31. The van der Waals surface area contributed by atoms with Gasteiger partial charge in [0.05, 0.1) is 24.9 Å². The Morgan fingerprint density at radius 1 is 1.40 bits per heavy atom. The zero-order chi connectivity index (χ0) is 14.6. The SMILES string of the molecule is CCCn1ncc(OC)c1C(NCC)C1(OC)CCC1. The predicted molar refractivity (Wildman–Crippen MR) is 79.1 cm³/mol. The van der Waals surface area contributed by atoms with Crippen molar-refractivity contribution in [1.82, 2.24) is 15.1 Å². The van der Waals surface area contributed by atoms with Gasteiger partial charge in [0.25, 0.3) is 0 Å². The Morgan fingerprint density at radius 3 is 2.60 bits per heavy atom. The van der Waals surface area contributed by atoms with Crippen LogP contribution in [0.4, 0.5) is 0 Å². The fourth-order valence-electron chi connectivity index (χ4n) is 3.09. The topological polar surface area (TPSA) is 48.3 Å². The van der Waals surface area contributed by atoms with E-state index in [0.29, 0.717) is 0 Å². The van der Waals surface area contributed by atoms with Crippen LogP contribution in [0.1, 0.15) is 51.3 Å². The molecule has 0 aromatic carbocycles. The maximum absolute atomic E-state index is 5.89. The van der Waals surface area contributed by atoms with Crippen molar-refractivity contribution in [2.24, 2.45) is 0 Å². The number of hydrogen-bond acceptors (Lipinski definition) is 4. The summed E-state index contributed by atoms with van der Waals surface area (Å²) in [7, 11) is 3.52. The molecule has 0 aliphatic heterocycles. The summed E-state index contributed by atoms with van der Waals surface area (Å²) in [6, 6.07) is 0.134. The molecular formula is C15H27N3O2. The number of methoxy groups -OCH3 is 2. The standard InChI is InChI=1S/C15H27N3O2/c1-5-10-18-13(12(19-3)11-17-18)14(16-6-2)15(20-4)8-7-9-15/h11,14,16H,5-10H2,1-4H3. The minimum atomic E-state index is -0.116. The number of nitrogens with one attached hydrogen (secondary N) is 1. The molecule has 0 spiro atoms. The van der Waals surface area contributed by atoms with Crippen LogP contribution in [-0.4, -0.2) is 36.1 Å². The van der Waals surface area contributed by atoms with Gasteiger partial charge in [0, 0.05) is 13.7 Å². The highest BCUT2D eigenvalue weighted by Gasteiger charge is 2.47. The highest BCUT2D eigenvalue weighted by atomic mass is 16.5. The Balaban J connectivity index is 2.39. The van der Waals surface area contributed by atoms with Crippen molar-refractivity contribution < 1.29 is 9.47 Å². The van der Waals surface area contributed by atoms with E-state index in [2.05, 4.69) is 28.9 Å². The Hall–Kier alpha value is -1.07. The molecule has 1 saturated carbocycles. The van der Waals surface area contributed by atoms with E-state index in [1.165, 1.54) is 6.42 Å². The number of rotatable bonds is 8. The Labute approximate surface area is 121 Å². The van der Waals surface area contributed by atoms with Crippen LogP contribution in [-0.2, 0) is 11.3 Å². The van der Waals surface area contributed by atoms with Gasteiger partial charge in [-0.1, -0.05) is 13.8 Å². The van der Waals surface area contributed by atoms with Crippen molar-refractivity contribution in [3.8, 4) is 5.75 Å². The zero-order valence-electron chi connectivity index (χ0n) is 13.1. The molecular weight excluding hydrogens is 254 g/mol. The molecule has 1 unspecified atom stereocenters. The maximum atomic E-state index is 5.89. The van der Waals surface area contributed by atoms with Crippen LogP contribution in [0.3, 0.4) is 0 Å². The summed E-state index contributed by atoms with van der Waals surface area (Å²) in [5, 5.41) is 8.07. The van der Waals surface area contributed by atoms with Gasteiger partial charge in [-0.05, 0) is 32.2 Å². The van der Waals surface area contributed by atoms with Crippen LogP contribution >= 0.6 is 0 Å². The predicted octanol–water partition coefficient (Wildman–Crippen LogP) is 2.52. The van der Waals surface area contributed by atoms with E-state index in [1.54, 1.807) is 7.11 Å². The Kier molecular flexibility index (Phi) is 5.05. The summed E-state index contributed by atoms with van der Waals surface area (Å²) in [5.74, 6) is 0.854. The molecule has 0 radical (unpaired) electrons. The van der Waals surface area contributed by atoms with E-state index in [0.717, 1.165) is 43.8 Å². The Morgan fingerprint density at radius 2 is 2.15 bits per heavy atom. The molecule has 1 atom stereocenters. The van der Waals surface area contributed by atoms with Crippen molar-refractivity contribution in [3.63, 3.8) is 0 Å². The fraction of sp³-hybridized carbons (Fsp3) is 0.800. The molecule has 1 fully saturated rings. The maximum Gasteiger partial charge on any atom is 0.161 e. The molecule has 20 heavy (non-hydrogen) atoms. The van der Waals surface area contributed by atoms with Crippen LogP contribution in [0.2, 0.25) is 0 Å². The second-order valence-corrected chi connectivity index (χ2v) is 5.43. The van der Waals surface area contributed by atoms with Crippen LogP contribution in [0, 0.1) is 0 Å². The number of hydrogen-bond donors (Lipinski definition) is 1. The number of ether oxygens (including phenoxy) is 2. The largest absolute Gasteiger partial charge is 0.493 e. The van der Waals surface area contributed by atoms with E-state index in [4.69, 9.17) is 9.47 Å². The molecule has 0 amide bonds. The molecule has 0 saturated heterocycles. The van der Waals surface area contributed by atoms with E-state index in [9.17, 15) is 0 Å². The molecule has 114 valence electrons. The van der Waals surface area contributed by atoms with Gasteiger partial charge < -0.3 is 14.8 Å². The quantitative estimate of drug-likeness (QED) is 0.795. The minimum Gasteiger partial charge on any atom is -0.493 e. The third-order valence-corrected chi connectivity index (χ3v) is 4.31.